The number of hydrogen-bond donors (Lipinski definition) is 3. The number of halogens is 1. The molecule has 4 nitrogen and oxygen atoms in total. The van der Waals surface area contributed by atoms with Crippen LogP contribution >= 0.6 is 22.6 Å². The molecule has 1 aromatic carbocycles. The quantitative estimate of drug-likeness (QED) is 0.694. The van der Waals surface area contributed by atoms with Crippen LogP contribution in [0, 0.1) is 15.4 Å². The second-order valence-corrected chi connectivity index (χ2v) is 6.53. The van der Waals surface area contributed by atoms with Gasteiger partial charge in [0.2, 0.25) is 0 Å². The van der Waals surface area contributed by atoms with Crippen molar-refractivity contribution in [2.75, 3.05) is 13.2 Å². The number of aliphatic hydroxyl groups excluding tert-OH is 1. The van der Waals surface area contributed by atoms with Crippen molar-refractivity contribution >= 4 is 28.5 Å². The number of phenolic OH excluding ortho intramolecular Hbond substituents is 1. The molecule has 1 aromatic rings. The Hall–Kier alpha value is -0.820. The van der Waals surface area contributed by atoms with Crippen LogP contribution in [0.2, 0.25) is 0 Å². The molecule has 0 aliphatic heterocycles. The maximum Gasteiger partial charge on any atom is 0.251 e. The van der Waals surface area contributed by atoms with Gasteiger partial charge in [0.15, 0.2) is 0 Å². The molecule has 1 fully saturated rings. The molecule has 1 saturated carbocycles. The molecule has 0 spiro atoms. The number of phenols is 1. The van der Waals surface area contributed by atoms with E-state index < -0.39 is 0 Å². The van der Waals surface area contributed by atoms with Gasteiger partial charge in [-0.3, -0.25) is 4.79 Å². The van der Waals surface area contributed by atoms with Crippen LogP contribution in [-0.2, 0) is 0 Å². The first-order valence-corrected chi connectivity index (χ1v) is 8.07. The van der Waals surface area contributed by atoms with Crippen molar-refractivity contribution in [3.63, 3.8) is 0 Å². The van der Waals surface area contributed by atoms with E-state index >= 15 is 0 Å². The summed E-state index contributed by atoms with van der Waals surface area (Å²) in [5.41, 5.74) is 0.472. The van der Waals surface area contributed by atoms with E-state index in [-0.39, 0.29) is 18.3 Å². The Morgan fingerprint density at radius 2 is 2.00 bits per heavy atom. The molecule has 20 heavy (non-hydrogen) atoms. The fraction of sp³-hybridized carbons (Fsp3) is 0.533. The van der Waals surface area contributed by atoms with Crippen molar-refractivity contribution in [3.8, 4) is 5.75 Å². The Bertz CT molecular complexity index is 478. The van der Waals surface area contributed by atoms with E-state index in [1.54, 1.807) is 12.1 Å². The van der Waals surface area contributed by atoms with Crippen molar-refractivity contribution in [1.82, 2.24) is 5.32 Å². The average molecular weight is 389 g/mol. The molecule has 2 atom stereocenters. The highest BCUT2D eigenvalue weighted by molar-refractivity contribution is 14.1. The van der Waals surface area contributed by atoms with Crippen LogP contribution in [0.3, 0.4) is 0 Å². The summed E-state index contributed by atoms with van der Waals surface area (Å²) in [6, 6.07) is 4.92. The van der Waals surface area contributed by atoms with E-state index in [2.05, 4.69) is 5.32 Å². The summed E-state index contributed by atoms with van der Waals surface area (Å²) in [4.78, 5) is 12.1. The minimum atomic E-state index is -0.168. The second-order valence-electron chi connectivity index (χ2n) is 5.36. The molecule has 1 aliphatic carbocycles. The van der Waals surface area contributed by atoms with Gasteiger partial charge in [-0.25, -0.2) is 0 Å². The number of hydrogen-bond acceptors (Lipinski definition) is 3. The Labute approximate surface area is 132 Å². The van der Waals surface area contributed by atoms with Gasteiger partial charge in [0, 0.05) is 18.7 Å². The van der Waals surface area contributed by atoms with Gasteiger partial charge >= 0.3 is 0 Å². The van der Waals surface area contributed by atoms with E-state index in [9.17, 15) is 15.0 Å². The zero-order valence-corrected chi connectivity index (χ0v) is 13.5. The van der Waals surface area contributed by atoms with Gasteiger partial charge in [0.25, 0.3) is 5.91 Å². The highest BCUT2D eigenvalue weighted by Gasteiger charge is 2.24. The number of aliphatic hydroxyl groups is 1. The molecular weight excluding hydrogens is 369 g/mol. The minimum Gasteiger partial charge on any atom is -0.507 e. The van der Waals surface area contributed by atoms with Gasteiger partial charge in [-0.1, -0.05) is 12.8 Å². The molecule has 0 aromatic heterocycles. The molecular formula is C15H20INO3. The number of carbonyl (C=O) groups excluding carboxylic acids is 1. The van der Waals surface area contributed by atoms with Crippen molar-refractivity contribution in [2.24, 2.45) is 11.8 Å². The fourth-order valence-corrected chi connectivity index (χ4v) is 3.11. The van der Waals surface area contributed by atoms with Gasteiger partial charge in [-0.2, -0.15) is 0 Å². The third-order valence-electron chi connectivity index (χ3n) is 4.03. The van der Waals surface area contributed by atoms with E-state index in [0.717, 1.165) is 16.4 Å². The van der Waals surface area contributed by atoms with E-state index in [1.807, 2.05) is 22.6 Å². The Morgan fingerprint density at radius 3 is 2.65 bits per heavy atom. The number of benzene rings is 1. The predicted molar refractivity (Wildman–Crippen MR) is 85.7 cm³/mol. The Kier molecular flexibility index (Phi) is 5.65. The Morgan fingerprint density at radius 1 is 1.30 bits per heavy atom. The third kappa shape index (κ3) is 3.85. The van der Waals surface area contributed by atoms with Gasteiger partial charge in [-0.15, -0.1) is 0 Å². The van der Waals surface area contributed by atoms with Gasteiger partial charge in [-0.05, 0) is 65.5 Å². The zero-order valence-electron chi connectivity index (χ0n) is 11.3. The molecule has 2 unspecified atom stereocenters. The maximum absolute atomic E-state index is 12.1. The molecule has 5 heteroatoms. The number of amides is 1. The van der Waals surface area contributed by atoms with Crippen LogP contribution < -0.4 is 5.32 Å². The smallest absolute Gasteiger partial charge is 0.251 e. The van der Waals surface area contributed by atoms with Crippen LogP contribution in [-0.4, -0.2) is 29.3 Å². The van der Waals surface area contributed by atoms with E-state index in [0.29, 0.717) is 23.9 Å². The van der Waals surface area contributed by atoms with Gasteiger partial charge < -0.3 is 15.5 Å². The summed E-state index contributed by atoms with van der Waals surface area (Å²) in [5.74, 6) is 0.618. The SMILES string of the molecule is O=C(NCC1CCCCC1CO)c1ccc(I)c(O)c1. The first-order chi connectivity index (χ1) is 9.61. The van der Waals surface area contributed by atoms with Crippen LogP contribution in [0.25, 0.3) is 0 Å². The molecule has 1 amide bonds. The normalized spacial score (nSPS) is 22.5. The average Bonchev–Trinajstić information content (AvgIpc) is 2.47. The summed E-state index contributed by atoms with van der Waals surface area (Å²) in [5, 5.41) is 21.9. The number of aromatic hydroxyl groups is 1. The second kappa shape index (κ2) is 7.26. The van der Waals surface area contributed by atoms with Crippen molar-refractivity contribution < 1.29 is 15.0 Å². The van der Waals surface area contributed by atoms with Crippen LogP contribution in [0.15, 0.2) is 18.2 Å². The number of carbonyl (C=O) groups is 1. The highest BCUT2D eigenvalue weighted by atomic mass is 127. The largest absolute Gasteiger partial charge is 0.507 e. The van der Waals surface area contributed by atoms with Crippen molar-refractivity contribution in [2.45, 2.75) is 25.7 Å². The lowest BCUT2D eigenvalue weighted by atomic mass is 9.79. The van der Waals surface area contributed by atoms with Crippen LogP contribution in [0.4, 0.5) is 0 Å². The highest BCUT2D eigenvalue weighted by Crippen LogP contribution is 2.29. The molecule has 3 N–H and O–H groups in total. The van der Waals surface area contributed by atoms with Gasteiger partial charge in [0.1, 0.15) is 5.75 Å². The molecule has 1 aliphatic rings. The first-order valence-electron chi connectivity index (χ1n) is 6.99. The summed E-state index contributed by atoms with van der Waals surface area (Å²) in [6.07, 6.45) is 4.44. The molecule has 2 rings (SSSR count). The molecule has 110 valence electrons. The van der Waals surface area contributed by atoms with Gasteiger partial charge in [0.05, 0.1) is 3.57 Å². The molecule has 0 heterocycles. The number of nitrogens with one attached hydrogen (secondary N) is 1. The molecule has 0 bridgehead atoms. The van der Waals surface area contributed by atoms with Crippen LogP contribution in [0.1, 0.15) is 36.0 Å². The summed E-state index contributed by atoms with van der Waals surface area (Å²) >= 11 is 2.02. The lowest BCUT2D eigenvalue weighted by Gasteiger charge is -2.30. The molecule has 0 radical (unpaired) electrons. The van der Waals surface area contributed by atoms with E-state index in [4.69, 9.17) is 0 Å². The maximum atomic E-state index is 12.1. The zero-order chi connectivity index (χ0) is 14.5. The standard InChI is InChI=1S/C15H20INO3/c16-13-6-5-10(7-14(13)19)15(20)17-8-11-3-1-2-4-12(11)9-18/h5-7,11-12,18-19H,1-4,8-9H2,(H,17,20). The van der Waals surface area contributed by atoms with Crippen molar-refractivity contribution in [1.29, 1.82) is 0 Å². The topological polar surface area (TPSA) is 69.6 Å². The van der Waals surface area contributed by atoms with Crippen LogP contribution in [0.5, 0.6) is 5.75 Å². The minimum absolute atomic E-state index is 0.129. The van der Waals surface area contributed by atoms with E-state index in [1.165, 1.54) is 18.9 Å². The fourth-order valence-electron chi connectivity index (χ4n) is 2.77. The summed E-state index contributed by atoms with van der Waals surface area (Å²) in [6.45, 7) is 0.793. The summed E-state index contributed by atoms with van der Waals surface area (Å²) in [7, 11) is 0. The third-order valence-corrected chi connectivity index (χ3v) is 4.95. The Balaban J connectivity index is 1.92. The van der Waals surface area contributed by atoms with Crippen molar-refractivity contribution in [3.05, 3.63) is 27.3 Å². The lowest BCUT2D eigenvalue weighted by molar-refractivity contribution is 0.0909. The predicted octanol–water partition coefficient (Wildman–Crippen LogP) is 2.53. The summed E-state index contributed by atoms with van der Waals surface area (Å²) < 4.78 is 0.728. The first kappa shape index (κ1) is 15.6. The molecule has 0 saturated heterocycles. The lowest BCUT2D eigenvalue weighted by Crippen LogP contribution is -2.35. The number of rotatable bonds is 4. The monoisotopic (exact) mass is 389 g/mol.